The second kappa shape index (κ2) is 7.33. The zero-order valence-corrected chi connectivity index (χ0v) is 15.8. The number of aromatic nitrogens is 1. The first-order chi connectivity index (χ1) is 13.5. The third kappa shape index (κ3) is 3.39. The Bertz CT molecular complexity index is 920. The van der Waals surface area contributed by atoms with Crippen LogP contribution in [0.2, 0.25) is 0 Å². The number of nitrogens with one attached hydrogen (secondary N) is 2. The minimum atomic E-state index is -1.04. The molecule has 7 heteroatoms. The van der Waals surface area contributed by atoms with Gasteiger partial charge in [0.05, 0.1) is 18.9 Å². The number of fused-ring (bicyclic) bond motifs is 1. The van der Waals surface area contributed by atoms with Crippen molar-refractivity contribution in [1.29, 1.82) is 0 Å². The van der Waals surface area contributed by atoms with Crippen LogP contribution in [0, 0.1) is 18.8 Å². The third-order valence-corrected chi connectivity index (χ3v) is 5.58. The van der Waals surface area contributed by atoms with E-state index in [4.69, 9.17) is 4.74 Å². The molecule has 1 saturated heterocycles. The van der Waals surface area contributed by atoms with Gasteiger partial charge in [0.1, 0.15) is 11.8 Å². The van der Waals surface area contributed by atoms with Crippen LogP contribution in [0.15, 0.2) is 36.4 Å². The molecule has 0 radical (unpaired) electrons. The molecular weight excluding hydrogens is 358 g/mol. The fourth-order valence-corrected chi connectivity index (χ4v) is 3.81. The Hall–Kier alpha value is -2.77. The van der Waals surface area contributed by atoms with Crippen LogP contribution in [0.1, 0.15) is 43.8 Å². The van der Waals surface area contributed by atoms with E-state index in [9.17, 15) is 14.7 Å². The number of ether oxygens (including phenoxy) is 1. The summed E-state index contributed by atoms with van der Waals surface area (Å²) in [6.45, 7) is 3.24. The fourth-order valence-electron chi connectivity index (χ4n) is 3.81. The molecule has 2 aromatic rings. The van der Waals surface area contributed by atoms with Crippen molar-refractivity contribution in [2.24, 2.45) is 11.8 Å². The van der Waals surface area contributed by atoms with E-state index in [1.54, 1.807) is 12.1 Å². The summed E-state index contributed by atoms with van der Waals surface area (Å²) < 4.78 is 5.35. The van der Waals surface area contributed by atoms with Gasteiger partial charge < -0.3 is 20.5 Å². The van der Waals surface area contributed by atoms with Gasteiger partial charge in [0.15, 0.2) is 0 Å². The van der Waals surface area contributed by atoms with Crippen molar-refractivity contribution in [3.63, 3.8) is 0 Å². The van der Waals surface area contributed by atoms with E-state index in [-0.39, 0.29) is 23.3 Å². The van der Waals surface area contributed by atoms with Crippen molar-refractivity contribution in [3.05, 3.63) is 64.5 Å². The first-order valence-electron chi connectivity index (χ1n) is 9.36. The Morgan fingerprint density at radius 1 is 1.18 bits per heavy atom. The number of carbonyl (C=O) groups excluding carboxylic acids is 2. The second-order valence-corrected chi connectivity index (χ2v) is 7.37. The molecule has 7 nitrogen and oxygen atoms in total. The quantitative estimate of drug-likeness (QED) is 0.723. The van der Waals surface area contributed by atoms with Crippen molar-refractivity contribution in [1.82, 2.24) is 15.6 Å². The van der Waals surface area contributed by atoms with E-state index in [0.29, 0.717) is 36.2 Å². The maximum atomic E-state index is 12.8. The van der Waals surface area contributed by atoms with Crippen LogP contribution in [0.3, 0.4) is 0 Å². The van der Waals surface area contributed by atoms with Crippen LogP contribution in [0.4, 0.5) is 0 Å². The van der Waals surface area contributed by atoms with Crippen LogP contribution in [-0.2, 0) is 4.74 Å². The summed E-state index contributed by atoms with van der Waals surface area (Å²) in [5.41, 5.74) is 2.25. The number of hydrogen-bond donors (Lipinski definition) is 3. The van der Waals surface area contributed by atoms with Gasteiger partial charge in [0.2, 0.25) is 0 Å². The van der Waals surface area contributed by atoms with Crippen LogP contribution in [-0.4, -0.2) is 48.2 Å². The molecular formula is C21H23N3O4. The zero-order valence-electron chi connectivity index (χ0n) is 15.8. The smallest absolute Gasteiger partial charge is 0.269 e. The van der Waals surface area contributed by atoms with Crippen molar-refractivity contribution in [3.8, 4) is 0 Å². The van der Waals surface area contributed by atoms with E-state index < -0.39 is 12.0 Å². The molecule has 146 valence electrons. The minimum absolute atomic E-state index is 0.0945. The standard InChI is InChI=1S/C21H23N3O4/c1-11-5-3-4-6-13(11)19(25)16-7-12(8-17(23-16)21(27)22-2)20(26)24-18-14-9-28-10-15(14)18/h3-8,14-15,18-19,25H,9-10H2,1-2H3,(H,22,27)(H,24,26)/t14-,15+,18+,19-/m1/s1. The van der Waals surface area contributed by atoms with Crippen molar-refractivity contribution >= 4 is 11.8 Å². The lowest BCUT2D eigenvalue weighted by molar-refractivity contribution is 0.0928. The molecule has 0 unspecified atom stereocenters. The molecule has 0 spiro atoms. The molecule has 2 fully saturated rings. The SMILES string of the molecule is CNC(=O)c1cc(C(=O)N[C@H]2[C@@H]3COC[C@@H]32)cc([C@H](O)c2ccccc2C)n1. The first-order valence-corrected chi connectivity index (χ1v) is 9.36. The zero-order chi connectivity index (χ0) is 19.8. The second-order valence-electron chi connectivity index (χ2n) is 7.37. The predicted molar refractivity (Wildman–Crippen MR) is 102 cm³/mol. The molecule has 1 aromatic carbocycles. The number of aryl methyl sites for hydroxylation is 1. The summed E-state index contributed by atoms with van der Waals surface area (Å²) in [4.78, 5) is 29.2. The van der Waals surface area contributed by atoms with Crippen molar-refractivity contribution in [2.75, 3.05) is 20.3 Å². The number of nitrogens with zero attached hydrogens (tertiary/aromatic N) is 1. The number of aliphatic hydroxyl groups is 1. The Morgan fingerprint density at radius 2 is 1.89 bits per heavy atom. The van der Waals surface area contributed by atoms with Crippen molar-refractivity contribution < 1.29 is 19.4 Å². The molecule has 4 atom stereocenters. The third-order valence-electron chi connectivity index (χ3n) is 5.58. The summed E-state index contributed by atoms with van der Waals surface area (Å²) in [5, 5.41) is 16.4. The summed E-state index contributed by atoms with van der Waals surface area (Å²) in [6.07, 6.45) is -1.04. The average molecular weight is 381 g/mol. The van der Waals surface area contributed by atoms with E-state index in [1.807, 2.05) is 25.1 Å². The van der Waals surface area contributed by atoms with Gasteiger partial charge in [-0.2, -0.15) is 0 Å². The van der Waals surface area contributed by atoms with E-state index >= 15 is 0 Å². The van der Waals surface area contributed by atoms with Crippen LogP contribution < -0.4 is 10.6 Å². The Labute approximate surface area is 163 Å². The molecule has 1 aromatic heterocycles. The number of carbonyl (C=O) groups is 2. The number of amides is 2. The number of benzene rings is 1. The van der Waals surface area contributed by atoms with Gasteiger partial charge in [-0.05, 0) is 30.2 Å². The summed E-state index contributed by atoms with van der Waals surface area (Å²) >= 11 is 0. The van der Waals surface area contributed by atoms with Gasteiger partial charge in [0.25, 0.3) is 11.8 Å². The number of hydrogen-bond acceptors (Lipinski definition) is 5. The summed E-state index contributed by atoms with van der Waals surface area (Å²) in [7, 11) is 1.50. The van der Waals surface area contributed by atoms with Crippen LogP contribution in [0.25, 0.3) is 0 Å². The van der Waals surface area contributed by atoms with E-state index in [2.05, 4.69) is 15.6 Å². The van der Waals surface area contributed by atoms with Gasteiger partial charge in [-0.25, -0.2) is 4.98 Å². The van der Waals surface area contributed by atoms with E-state index in [1.165, 1.54) is 13.1 Å². The number of aliphatic hydroxyl groups excluding tert-OH is 1. The van der Waals surface area contributed by atoms with Gasteiger partial charge in [0, 0.05) is 30.5 Å². The molecule has 1 aliphatic heterocycles. The summed E-state index contributed by atoms with van der Waals surface area (Å²) in [5.74, 6) is 0.0669. The molecule has 2 amide bonds. The maximum absolute atomic E-state index is 12.8. The molecule has 1 saturated carbocycles. The average Bonchev–Trinajstić information content (AvgIpc) is 3.13. The minimum Gasteiger partial charge on any atom is -0.382 e. The lowest BCUT2D eigenvalue weighted by Crippen LogP contribution is -2.31. The van der Waals surface area contributed by atoms with Gasteiger partial charge in [-0.15, -0.1) is 0 Å². The highest BCUT2D eigenvalue weighted by Crippen LogP contribution is 2.44. The molecule has 0 bridgehead atoms. The Morgan fingerprint density at radius 3 is 2.57 bits per heavy atom. The van der Waals surface area contributed by atoms with Gasteiger partial charge in [-0.1, -0.05) is 24.3 Å². The predicted octanol–water partition coefficient (Wildman–Crippen LogP) is 1.21. The molecule has 2 aliphatic rings. The highest BCUT2D eigenvalue weighted by molar-refractivity contribution is 5.99. The van der Waals surface area contributed by atoms with Crippen LogP contribution in [0.5, 0.6) is 0 Å². The van der Waals surface area contributed by atoms with Crippen LogP contribution >= 0.6 is 0 Å². The Balaban J connectivity index is 1.64. The summed E-state index contributed by atoms with van der Waals surface area (Å²) in [6, 6.07) is 10.5. The van der Waals surface area contributed by atoms with Gasteiger partial charge in [-0.3, -0.25) is 9.59 Å². The topological polar surface area (TPSA) is 101 Å². The van der Waals surface area contributed by atoms with Gasteiger partial charge >= 0.3 is 0 Å². The monoisotopic (exact) mass is 381 g/mol. The molecule has 4 rings (SSSR count). The molecule has 2 heterocycles. The fraction of sp³-hybridized carbons (Fsp3) is 0.381. The number of pyridine rings is 1. The largest absolute Gasteiger partial charge is 0.382 e. The number of rotatable bonds is 5. The van der Waals surface area contributed by atoms with E-state index in [0.717, 1.165) is 5.56 Å². The Kier molecular flexibility index (Phi) is 4.87. The first kappa shape index (κ1) is 18.6. The maximum Gasteiger partial charge on any atom is 0.269 e. The highest BCUT2D eigenvalue weighted by atomic mass is 16.5. The highest BCUT2D eigenvalue weighted by Gasteiger charge is 2.54. The molecule has 28 heavy (non-hydrogen) atoms. The van der Waals surface area contributed by atoms with Crippen molar-refractivity contribution in [2.45, 2.75) is 19.1 Å². The molecule has 1 aliphatic carbocycles. The lowest BCUT2D eigenvalue weighted by Gasteiger charge is -2.16. The lowest BCUT2D eigenvalue weighted by atomic mass is 9.99. The molecule has 3 N–H and O–H groups in total. The normalized spacial score (nSPS) is 23.6.